The van der Waals surface area contributed by atoms with Crippen LogP contribution in [0, 0.1) is 18.8 Å². The summed E-state index contributed by atoms with van der Waals surface area (Å²) in [5, 5.41) is 2.91. The van der Waals surface area contributed by atoms with Gasteiger partial charge in [-0.15, -0.1) is 0 Å². The van der Waals surface area contributed by atoms with Crippen molar-refractivity contribution in [3.8, 4) is 11.8 Å². The van der Waals surface area contributed by atoms with Crippen molar-refractivity contribution in [3.05, 3.63) is 34.9 Å². The molecule has 4 heteroatoms. The molecule has 1 unspecified atom stereocenters. The average molecular weight is 274 g/mol. The molecule has 20 heavy (non-hydrogen) atoms. The molecule has 1 atom stereocenters. The summed E-state index contributed by atoms with van der Waals surface area (Å²) in [4.78, 5) is 12.3. The largest absolute Gasteiger partial charge is 0.380 e. The molecule has 3 N–H and O–H groups in total. The first-order valence-corrected chi connectivity index (χ1v) is 6.76. The maximum Gasteiger partial charge on any atom is 0.252 e. The van der Waals surface area contributed by atoms with Crippen molar-refractivity contribution in [3.63, 3.8) is 0 Å². The van der Waals surface area contributed by atoms with Crippen molar-refractivity contribution in [2.45, 2.75) is 26.8 Å². The molecule has 1 aromatic carbocycles. The molecule has 0 heterocycles. The minimum absolute atomic E-state index is 0.0433. The van der Waals surface area contributed by atoms with E-state index in [4.69, 9.17) is 10.5 Å². The summed E-state index contributed by atoms with van der Waals surface area (Å²) in [6.45, 7) is 7.19. The molecule has 0 aromatic heterocycles. The molecule has 1 rings (SSSR count). The van der Waals surface area contributed by atoms with Gasteiger partial charge in [0.2, 0.25) is 0 Å². The number of hydrogen-bond acceptors (Lipinski definition) is 3. The van der Waals surface area contributed by atoms with E-state index in [-0.39, 0.29) is 18.5 Å². The molecule has 4 nitrogen and oxygen atoms in total. The molecule has 1 amide bonds. The Hall–Kier alpha value is -1.83. The van der Waals surface area contributed by atoms with Crippen LogP contribution in [-0.2, 0) is 4.74 Å². The standard InChI is InChI=1S/C16H22N2O2/c1-4-20-11-13(3)18-16(19)15-10-12(2)7-8-14(15)6-5-9-17/h7-8,10,13H,4,9,11,17H2,1-3H3,(H,18,19). The first-order valence-electron chi connectivity index (χ1n) is 6.76. The van der Waals surface area contributed by atoms with E-state index in [1.807, 2.05) is 39.0 Å². The lowest BCUT2D eigenvalue weighted by atomic mass is 10.0. The van der Waals surface area contributed by atoms with Crippen molar-refractivity contribution < 1.29 is 9.53 Å². The van der Waals surface area contributed by atoms with E-state index in [9.17, 15) is 4.79 Å². The monoisotopic (exact) mass is 274 g/mol. The Kier molecular flexibility index (Phi) is 6.78. The fourth-order valence-electron chi connectivity index (χ4n) is 1.74. The minimum Gasteiger partial charge on any atom is -0.380 e. The lowest BCUT2D eigenvalue weighted by molar-refractivity contribution is 0.0871. The van der Waals surface area contributed by atoms with Crippen molar-refractivity contribution in [1.29, 1.82) is 0 Å². The van der Waals surface area contributed by atoms with E-state index in [0.717, 1.165) is 5.56 Å². The van der Waals surface area contributed by atoms with Gasteiger partial charge in [-0.2, -0.15) is 0 Å². The fourth-order valence-corrected chi connectivity index (χ4v) is 1.74. The van der Waals surface area contributed by atoms with Crippen LogP contribution in [-0.4, -0.2) is 31.7 Å². The average Bonchev–Trinajstić information content (AvgIpc) is 2.43. The topological polar surface area (TPSA) is 64.3 Å². The fraction of sp³-hybridized carbons (Fsp3) is 0.438. The van der Waals surface area contributed by atoms with Crippen LogP contribution in [0.15, 0.2) is 18.2 Å². The summed E-state index contributed by atoms with van der Waals surface area (Å²) in [5.41, 5.74) is 7.67. The number of carbonyl (C=O) groups is 1. The van der Waals surface area contributed by atoms with Crippen molar-refractivity contribution >= 4 is 5.91 Å². The van der Waals surface area contributed by atoms with Gasteiger partial charge in [0, 0.05) is 18.2 Å². The summed E-state index contributed by atoms with van der Waals surface area (Å²) in [5.74, 6) is 5.57. The predicted octanol–water partition coefficient (Wildman–Crippen LogP) is 1.46. The summed E-state index contributed by atoms with van der Waals surface area (Å²) in [7, 11) is 0. The number of nitrogens with one attached hydrogen (secondary N) is 1. The Morgan fingerprint density at radius 2 is 2.25 bits per heavy atom. The number of benzene rings is 1. The third-order valence-electron chi connectivity index (χ3n) is 2.69. The van der Waals surface area contributed by atoms with Gasteiger partial charge in [0.05, 0.1) is 18.7 Å². The number of nitrogens with two attached hydrogens (primary N) is 1. The van der Waals surface area contributed by atoms with Crippen molar-refractivity contribution in [1.82, 2.24) is 5.32 Å². The Labute approximate surface area is 120 Å². The molecule has 0 aliphatic heterocycles. The van der Waals surface area contributed by atoms with Crippen LogP contribution < -0.4 is 11.1 Å². The second-order valence-corrected chi connectivity index (χ2v) is 4.59. The maximum absolute atomic E-state index is 12.3. The van der Waals surface area contributed by atoms with Crippen molar-refractivity contribution in [2.24, 2.45) is 5.73 Å². The molecule has 1 aromatic rings. The summed E-state index contributed by atoms with van der Waals surface area (Å²) < 4.78 is 5.29. The Morgan fingerprint density at radius 1 is 1.50 bits per heavy atom. The third-order valence-corrected chi connectivity index (χ3v) is 2.69. The van der Waals surface area contributed by atoms with Crippen LogP contribution in [0.25, 0.3) is 0 Å². The lowest BCUT2D eigenvalue weighted by Gasteiger charge is -2.14. The number of aryl methyl sites for hydroxylation is 1. The molecule has 0 aliphatic rings. The third kappa shape index (κ3) is 5.04. The van der Waals surface area contributed by atoms with Gasteiger partial charge in [0.1, 0.15) is 0 Å². The minimum atomic E-state index is -0.137. The van der Waals surface area contributed by atoms with Crippen LogP contribution in [0.4, 0.5) is 0 Å². The number of hydrogen-bond donors (Lipinski definition) is 2. The molecular weight excluding hydrogens is 252 g/mol. The van der Waals surface area contributed by atoms with Gasteiger partial charge >= 0.3 is 0 Å². The number of carbonyl (C=O) groups excluding carboxylic acids is 1. The van der Waals surface area contributed by atoms with Crippen LogP contribution in [0.5, 0.6) is 0 Å². The van der Waals surface area contributed by atoms with E-state index in [1.54, 1.807) is 0 Å². The first-order chi connectivity index (χ1) is 9.58. The van der Waals surface area contributed by atoms with Crippen LogP contribution >= 0.6 is 0 Å². The Balaban J connectivity index is 2.88. The zero-order chi connectivity index (χ0) is 15.0. The van der Waals surface area contributed by atoms with Crippen molar-refractivity contribution in [2.75, 3.05) is 19.8 Å². The smallest absolute Gasteiger partial charge is 0.252 e. The molecular formula is C16H22N2O2. The normalized spacial score (nSPS) is 11.4. The zero-order valence-electron chi connectivity index (χ0n) is 12.3. The number of amides is 1. The Morgan fingerprint density at radius 3 is 2.90 bits per heavy atom. The molecule has 0 saturated heterocycles. The summed E-state index contributed by atoms with van der Waals surface area (Å²) >= 11 is 0. The highest BCUT2D eigenvalue weighted by atomic mass is 16.5. The van der Waals surface area contributed by atoms with Crippen LogP contribution in [0.2, 0.25) is 0 Å². The second-order valence-electron chi connectivity index (χ2n) is 4.59. The molecule has 108 valence electrons. The zero-order valence-corrected chi connectivity index (χ0v) is 12.3. The lowest BCUT2D eigenvalue weighted by Crippen LogP contribution is -2.36. The summed E-state index contributed by atoms with van der Waals surface area (Å²) in [6.07, 6.45) is 0. The first kappa shape index (κ1) is 16.2. The van der Waals surface area contributed by atoms with Gasteiger partial charge in [0.15, 0.2) is 0 Å². The van der Waals surface area contributed by atoms with E-state index >= 15 is 0 Å². The molecule has 0 spiro atoms. The van der Waals surface area contributed by atoms with Crippen LogP contribution in [0.1, 0.15) is 35.3 Å². The quantitative estimate of drug-likeness (QED) is 0.799. The molecule has 0 fully saturated rings. The maximum atomic E-state index is 12.3. The highest BCUT2D eigenvalue weighted by molar-refractivity contribution is 5.97. The summed E-state index contributed by atoms with van der Waals surface area (Å²) in [6, 6.07) is 5.57. The van der Waals surface area contributed by atoms with E-state index in [2.05, 4.69) is 17.2 Å². The van der Waals surface area contributed by atoms with Gasteiger partial charge in [-0.25, -0.2) is 0 Å². The number of ether oxygens (including phenoxy) is 1. The second kappa shape index (κ2) is 8.36. The predicted molar refractivity (Wildman–Crippen MR) is 80.5 cm³/mol. The van der Waals surface area contributed by atoms with Crippen LogP contribution in [0.3, 0.4) is 0 Å². The van der Waals surface area contributed by atoms with Gasteiger partial charge < -0.3 is 15.8 Å². The molecule has 0 radical (unpaired) electrons. The van der Waals surface area contributed by atoms with Gasteiger partial charge in [-0.05, 0) is 32.9 Å². The van der Waals surface area contributed by atoms with E-state index in [0.29, 0.717) is 24.3 Å². The van der Waals surface area contributed by atoms with E-state index < -0.39 is 0 Å². The number of rotatable bonds is 5. The SMILES string of the molecule is CCOCC(C)NC(=O)c1cc(C)ccc1C#CCN. The highest BCUT2D eigenvalue weighted by Gasteiger charge is 2.13. The molecule has 0 bridgehead atoms. The Bertz CT molecular complexity index is 515. The van der Waals surface area contributed by atoms with Gasteiger partial charge in [-0.3, -0.25) is 4.79 Å². The molecule has 0 saturated carbocycles. The molecule has 0 aliphatic carbocycles. The highest BCUT2D eigenvalue weighted by Crippen LogP contribution is 2.11. The van der Waals surface area contributed by atoms with Gasteiger partial charge in [-0.1, -0.05) is 23.5 Å². The van der Waals surface area contributed by atoms with Gasteiger partial charge in [0.25, 0.3) is 5.91 Å². The van der Waals surface area contributed by atoms with E-state index in [1.165, 1.54) is 0 Å².